The maximum Gasteiger partial charge on any atom is 0.406 e. The molecular weight excluding hydrogens is 383 g/mol. The van der Waals surface area contributed by atoms with Crippen molar-refractivity contribution in [1.29, 1.82) is 0 Å². The van der Waals surface area contributed by atoms with Gasteiger partial charge in [-0.3, -0.25) is 4.79 Å². The molecule has 0 aliphatic carbocycles. The van der Waals surface area contributed by atoms with Crippen molar-refractivity contribution in [2.75, 3.05) is 31.2 Å². The Balaban J connectivity index is 1.87. The Bertz CT molecular complexity index is 561. The predicted molar refractivity (Wildman–Crippen MR) is 102 cm³/mol. The topological polar surface area (TPSA) is 29.5 Å². The summed E-state index contributed by atoms with van der Waals surface area (Å²) in [6.07, 6.45) is -1.92. The minimum Gasteiger partial charge on any atom is -0.484 e. The van der Waals surface area contributed by atoms with Crippen molar-refractivity contribution < 1.29 is 22.7 Å². The molecule has 0 bridgehead atoms. The zero-order valence-corrected chi connectivity index (χ0v) is 16.4. The van der Waals surface area contributed by atoms with Crippen LogP contribution in [0.15, 0.2) is 24.3 Å². The average Bonchev–Trinajstić information content (AvgIpc) is 2.63. The lowest BCUT2D eigenvalue weighted by molar-refractivity contribution is -0.162. The Morgan fingerprint density at radius 3 is 2.46 bits per heavy atom. The maximum absolute atomic E-state index is 12.6. The molecule has 0 spiro atoms. The van der Waals surface area contributed by atoms with E-state index >= 15 is 0 Å². The van der Waals surface area contributed by atoms with Crippen molar-refractivity contribution in [3.63, 3.8) is 0 Å². The highest BCUT2D eigenvalue weighted by molar-refractivity contribution is 8.16. The van der Waals surface area contributed by atoms with Crippen molar-refractivity contribution in [2.45, 2.75) is 36.9 Å². The van der Waals surface area contributed by atoms with E-state index in [0.29, 0.717) is 16.8 Å². The first-order chi connectivity index (χ1) is 12.4. The Labute approximate surface area is 161 Å². The van der Waals surface area contributed by atoms with Gasteiger partial charge >= 0.3 is 6.18 Å². The summed E-state index contributed by atoms with van der Waals surface area (Å²) in [5.41, 5.74) is 1.19. The SMILES string of the molecule is CCCCN(CC(F)(F)F)C(=O)COc1ccc(C2SCCCS2)cc1. The number of rotatable bonds is 8. The highest BCUT2D eigenvalue weighted by atomic mass is 32.2. The summed E-state index contributed by atoms with van der Waals surface area (Å²) in [7, 11) is 0. The Morgan fingerprint density at radius 2 is 1.88 bits per heavy atom. The maximum atomic E-state index is 12.6. The molecule has 26 heavy (non-hydrogen) atoms. The second-order valence-corrected chi connectivity index (χ2v) is 8.79. The number of alkyl halides is 3. The van der Waals surface area contributed by atoms with Crippen LogP contribution in [0.3, 0.4) is 0 Å². The molecule has 1 aromatic carbocycles. The standard InChI is InChI=1S/C18H24F3NO2S2/c1-2-3-9-22(13-18(19,20)21)16(23)12-24-15-7-5-14(6-8-15)17-25-10-4-11-26-17/h5-8,17H,2-4,9-13H2,1H3. The van der Waals surface area contributed by atoms with Gasteiger partial charge in [-0.15, -0.1) is 23.5 Å². The molecule has 3 nitrogen and oxygen atoms in total. The quantitative estimate of drug-likeness (QED) is 0.598. The van der Waals surface area contributed by atoms with Crippen LogP contribution in [0.1, 0.15) is 36.3 Å². The normalized spacial score (nSPS) is 15.7. The molecule has 1 aliphatic rings. The molecule has 1 aromatic rings. The first-order valence-corrected chi connectivity index (χ1v) is 10.8. The van der Waals surface area contributed by atoms with Crippen LogP contribution in [0, 0.1) is 0 Å². The summed E-state index contributed by atoms with van der Waals surface area (Å²) in [6, 6.07) is 7.47. The molecule has 1 heterocycles. The van der Waals surface area contributed by atoms with Crippen molar-refractivity contribution in [2.24, 2.45) is 0 Å². The number of hydrogen-bond donors (Lipinski definition) is 0. The van der Waals surface area contributed by atoms with E-state index in [1.54, 1.807) is 12.1 Å². The Kier molecular flexibility index (Phi) is 8.47. The zero-order valence-electron chi connectivity index (χ0n) is 14.8. The van der Waals surface area contributed by atoms with Crippen LogP contribution >= 0.6 is 23.5 Å². The lowest BCUT2D eigenvalue weighted by Crippen LogP contribution is -2.42. The largest absolute Gasteiger partial charge is 0.484 e. The molecule has 8 heteroatoms. The van der Waals surface area contributed by atoms with Gasteiger partial charge in [0, 0.05) is 6.54 Å². The molecule has 0 unspecified atom stereocenters. The van der Waals surface area contributed by atoms with Gasteiger partial charge in [-0.2, -0.15) is 13.2 Å². The number of hydrogen-bond acceptors (Lipinski definition) is 4. The molecule has 0 aromatic heterocycles. The molecule has 0 atom stereocenters. The second kappa shape index (κ2) is 10.3. The summed E-state index contributed by atoms with van der Waals surface area (Å²) in [6.45, 7) is 0.348. The van der Waals surface area contributed by atoms with Crippen LogP contribution in [0.4, 0.5) is 13.2 Å². The van der Waals surface area contributed by atoms with Crippen LogP contribution < -0.4 is 4.74 Å². The van der Waals surface area contributed by atoms with Crippen LogP contribution in [0.25, 0.3) is 0 Å². The molecule has 1 amide bonds. The highest BCUT2D eigenvalue weighted by Gasteiger charge is 2.32. The molecule has 1 aliphatic heterocycles. The summed E-state index contributed by atoms with van der Waals surface area (Å²) in [5, 5.41) is 0. The molecule has 0 saturated carbocycles. The van der Waals surface area contributed by atoms with Gasteiger partial charge in [-0.05, 0) is 42.0 Å². The van der Waals surface area contributed by atoms with Gasteiger partial charge in [0.15, 0.2) is 6.61 Å². The first-order valence-electron chi connectivity index (χ1n) is 8.69. The lowest BCUT2D eigenvalue weighted by atomic mass is 10.2. The Hall–Kier alpha value is -1.02. The summed E-state index contributed by atoms with van der Waals surface area (Å²) < 4.78 is 43.7. The number of nitrogens with zero attached hydrogens (tertiary/aromatic N) is 1. The fourth-order valence-corrected chi connectivity index (χ4v) is 5.39. The minimum atomic E-state index is -4.40. The second-order valence-electron chi connectivity index (χ2n) is 6.07. The number of carbonyl (C=O) groups excluding carboxylic acids is 1. The number of thioether (sulfide) groups is 2. The number of amides is 1. The van der Waals surface area contributed by atoms with E-state index in [-0.39, 0.29) is 13.2 Å². The van der Waals surface area contributed by atoms with E-state index in [9.17, 15) is 18.0 Å². The van der Waals surface area contributed by atoms with Gasteiger partial charge < -0.3 is 9.64 Å². The van der Waals surface area contributed by atoms with Crippen molar-refractivity contribution in [1.82, 2.24) is 4.90 Å². The molecule has 0 N–H and O–H groups in total. The van der Waals surface area contributed by atoms with Crippen LogP contribution in [-0.2, 0) is 4.79 Å². The molecule has 1 saturated heterocycles. The highest BCUT2D eigenvalue weighted by Crippen LogP contribution is 2.43. The fraction of sp³-hybridized carbons (Fsp3) is 0.611. The third kappa shape index (κ3) is 7.31. The van der Waals surface area contributed by atoms with Crippen molar-refractivity contribution in [3.05, 3.63) is 29.8 Å². The van der Waals surface area contributed by atoms with Crippen molar-refractivity contribution >= 4 is 29.4 Å². The predicted octanol–water partition coefficient (Wildman–Crippen LogP) is 5.13. The number of benzene rings is 1. The molecule has 0 radical (unpaired) electrons. The summed E-state index contributed by atoms with van der Waals surface area (Å²) >= 11 is 3.82. The Morgan fingerprint density at radius 1 is 1.23 bits per heavy atom. The van der Waals surface area contributed by atoms with Gasteiger partial charge in [0.25, 0.3) is 5.91 Å². The first kappa shape index (κ1) is 21.3. The average molecular weight is 408 g/mol. The molecule has 146 valence electrons. The van der Waals surface area contributed by atoms with Gasteiger partial charge in [0.2, 0.25) is 0 Å². The van der Waals surface area contributed by atoms with E-state index in [2.05, 4.69) is 0 Å². The van der Waals surface area contributed by atoms with Gasteiger partial charge in [0.05, 0.1) is 4.58 Å². The third-order valence-corrected chi connectivity index (χ3v) is 6.86. The molecular formula is C18H24F3NO2S2. The summed E-state index contributed by atoms with van der Waals surface area (Å²) in [5.74, 6) is 2.16. The van der Waals surface area contributed by atoms with Crippen molar-refractivity contribution in [3.8, 4) is 5.75 Å². The number of unbranched alkanes of at least 4 members (excludes halogenated alkanes) is 1. The number of carbonyl (C=O) groups is 1. The minimum absolute atomic E-state index is 0.0905. The fourth-order valence-electron chi connectivity index (χ4n) is 2.50. The summed E-state index contributed by atoms with van der Waals surface area (Å²) in [4.78, 5) is 12.9. The smallest absolute Gasteiger partial charge is 0.406 e. The van der Waals surface area contributed by atoms with Crippen LogP contribution in [0.2, 0.25) is 0 Å². The van der Waals surface area contributed by atoms with E-state index in [0.717, 1.165) is 22.8 Å². The van der Waals surface area contributed by atoms with E-state index in [1.165, 1.54) is 12.0 Å². The zero-order chi connectivity index (χ0) is 19.0. The van der Waals surface area contributed by atoms with E-state index in [1.807, 2.05) is 42.6 Å². The monoisotopic (exact) mass is 407 g/mol. The van der Waals surface area contributed by atoms with Gasteiger partial charge in [-0.25, -0.2) is 0 Å². The number of halogens is 3. The van der Waals surface area contributed by atoms with Crippen LogP contribution in [-0.4, -0.2) is 48.2 Å². The third-order valence-electron chi connectivity index (χ3n) is 3.85. The van der Waals surface area contributed by atoms with Gasteiger partial charge in [-0.1, -0.05) is 25.5 Å². The van der Waals surface area contributed by atoms with E-state index < -0.39 is 18.6 Å². The number of ether oxygens (including phenoxy) is 1. The van der Waals surface area contributed by atoms with E-state index in [4.69, 9.17) is 4.74 Å². The van der Waals surface area contributed by atoms with Crippen LogP contribution in [0.5, 0.6) is 5.75 Å². The lowest BCUT2D eigenvalue weighted by Gasteiger charge is -2.24. The van der Waals surface area contributed by atoms with Gasteiger partial charge in [0.1, 0.15) is 12.3 Å². The molecule has 1 fully saturated rings. The molecule has 2 rings (SSSR count).